The summed E-state index contributed by atoms with van der Waals surface area (Å²) in [5.74, 6) is 0.00715. The number of amidine groups is 2. The first-order valence-corrected chi connectivity index (χ1v) is 12.4. The van der Waals surface area contributed by atoms with Gasteiger partial charge in [0.2, 0.25) is 5.17 Å². The van der Waals surface area contributed by atoms with Crippen LogP contribution in [0.25, 0.3) is 17.0 Å². The molecule has 1 amide bonds. The number of amides is 1. The summed E-state index contributed by atoms with van der Waals surface area (Å²) in [5, 5.41) is 17.4. The van der Waals surface area contributed by atoms with Gasteiger partial charge in [-0.25, -0.2) is 0 Å². The van der Waals surface area contributed by atoms with Crippen molar-refractivity contribution in [1.29, 1.82) is 5.41 Å². The number of aromatic nitrogens is 1. The Kier molecular flexibility index (Phi) is 5.96. The molecule has 1 N–H and O–H groups in total. The lowest BCUT2D eigenvalue weighted by Gasteiger charge is -2.20. The summed E-state index contributed by atoms with van der Waals surface area (Å²) in [6, 6.07) is 16.5. The van der Waals surface area contributed by atoms with Gasteiger partial charge in [0.1, 0.15) is 5.04 Å². The molecule has 34 heavy (non-hydrogen) atoms. The van der Waals surface area contributed by atoms with Crippen molar-refractivity contribution in [3.05, 3.63) is 77.0 Å². The fourth-order valence-corrected chi connectivity index (χ4v) is 5.61. The van der Waals surface area contributed by atoms with Crippen molar-refractivity contribution < 1.29 is 4.79 Å². The molecule has 0 saturated carbocycles. The van der Waals surface area contributed by atoms with E-state index >= 15 is 0 Å². The maximum atomic E-state index is 13.0. The number of hydrogen-bond acceptors (Lipinski definition) is 4. The molecule has 3 heterocycles. The number of rotatable bonds is 6. The Morgan fingerprint density at radius 1 is 1.09 bits per heavy atom. The number of para-hydroxylation sites is 1. The number of nitrogens with zero attached hydrogens (tertiary/aromatic N) is 4. The third-order valence-corrected chi connectivity index (χ3v) is 7.60. The molecule has 2 aliphatic rings. The average Bonchev–Trinajstić information content (AvgIpc) is 3.41. The van der Waals surface area contributed by atoms with Crippen molar-refractivity contribution in [2.45, 2.75) is 40.2 Å². The van der Waals surface area contributed by atoms with E-state index < -0.39 is 0 Å². The molecule has 0 unspecified atom stereocenters. The molecule has 0 spiro atoms. The van der Waals surface area contributed by atoms with Gasteiger partial charge in [-0.05, 0) is 54.8 Å². The Morgan fingerprint density at radius 2 is 1.82 bits per heavy atom. The average molecular weight is 470 g/mol. The maximum Gasteiger partial charge on any atom is 0.283 e. The number of nitrogens with one attached hydrogen (secondary N) is 1. The van der Waals surface area contributed by atoms with Crippen molar-refractivity contribution in [3.63, 3.8) is 0 Å². The molecule has 5 rings (SSSR count). The topological polar surface area (TPSA) is 73.8 Å². The normalized spacial score (nSPS) is 17.1. The molecule has 2 aromatic carbocycles. The first-order valence-electron chi connectivity index (χ1n) is 11.6. The summed E-state index contributed by atoms with van der Waals surface area (Å²) in [4.78, 5) is 17.2. The molecule has 0 aliphatic carbocycles. The second-order valence-electron chi connectivity index (χ2n) is 8.63. The highest BCUT2D eigenvalue weighted by Crippen LogP contribution is 2.33. The minimum atomic E-state index is -0.388. The molecular formula is C27H27N5OS. The summed E-state index contributed by atoms with van der Waals surface area (Å²) < 4.78 is 2.20. The van der Waals surface area contributed by atoms with Crippen molar-refractivity contribution in [3.8, 4) is 0 Å². The molecule has 1 aromatic heterocycles. The van der Waals surface area contributed by atoms with Gasteiger partial charge in [-0.2, -0.15) is 15.1 Å². The summed E-state index contributed by atoms with van der Waals surface area (Å²) in [6.45, 7) is 7.11. The number of carbonyl (C=O) groups is 1. The van der Waals surface area contributed by atoms with Gasteiger partial charge < -0.3 is 4.57 Å². The molecule has 3 aromatic rings. The third kappa shape index (κ3) is 3.90. The summed E-state index contributed by atoms with van der Waals surface area (Å²) >= 11 is 1.41. The summed E-state index contributed by atoms with van der Waals surface area (Å²) in [7, 11) is 0. The van der Waals surface area contributed by atoms with E-state index in [0.717, 1.165) is 40.9 Å². The number of hydrogen-bond donors (Lipinski definition) is 1. The van der Waals surface area contributed by atoms with Gasteiger partial charge in [0.05, 0.1) is 5.57 Å². The smallest absolute Gasteiger partial charge is 0.283 e. The minimum absolute atomic E-state index is 0.0826. The highest BCUT2D eigenvalue weighted by molar-refractivity contribution is 8.27. The quantitative estimate of drug-likeness (QED) is 0.446. The van der Waals surface area contributed by atoms with Crippen LogP contribution in [-0.2, 0) is 11.3 Å². The predicted molar refractivity (Wildman–Crippen MR) is 141 cm³/mol. The zero-order valence-electron chi connectivity index (χ0n) is 19.6. The molecular weight excluding hydrogens is 442 g/mol. The van der Waals surface area contributed by atoms with Crippen LogP contribution >= 0.6 is 11.8 Å². The standard InChI is InChI=1S/C27H27N5OS/c1-4-18(5-2)26-30-32-24(28)22(25(33)29-27(32)34-26)14-20-16-31(23-13-9-8-12-21(20)23)15-19-11-7-6-10-17(19)3/h6-14,16,18,28H,4-5,15H2,1-3H3/b22-14+,28-24?. The van der Waals surface area contributed by atoms with E-state index in [1.165, 1.54) is 27.9 Å². The van der Waals surface area contributed by atoms with Gasteiger partial charge in [0, 0.05) is 35.1 Å². The number of aryl methyl sites for hydroxylation is 1. The van der Waals surface area contributed by atoms with E-state index in [4.69, 9.17) is 5.41 Å². The molecule has 0 atom stereocenters. The summed E-state index contributed by atoms with van der Waals surface area (Å²) in [5.41, 5.74) is 4.73. The van der Waals surface area contributed by atoms with Gasteiger partial charge in [0.25, 0.3) is 5.91 Å². The lowest BCUT2D eigenvalue weighted by molar-refractivity contribution is -0.114. The Labute approximate surface area is 203 Å². The monoisotopic (exact) mass is 469 g/mol. The fraction of sp³-hybridized carbons (Fsp3) is 0.259. The lowest BCUT2D eigenvalue weighted by atomic mass is 10.1. The van der Waals surface area contributed by atoms with E-state index in [-0.39, 0.29) is 17.3 Å². The Hall–Kier alpha value is -3.45. The second kappa shape index (κ2) is 9.06. The zero-order valence-corrected chi connectivity index (χ0v) is 20.4. The molecule has 0 fully saturated rings. The molecule has 7 heteroatoms. The van der Waals surface area contributed by atoms with Crippen LogP contribution in [-0.4, -0.2) is 31.5 Å². The minimum Gasteiger partial charge on any atom is -0.342 e. The van der Waals surface area contributed by atoms with Gasteiger partial charge in [-0.3, -0.25) is 10.2 Å². The Morgan fingerprint density at radius 3 is 2.59 bits per heavy atom. The van der Waals surface area contributed by atoms with Crippen LogP contribution in [0.1, 0.15) is 43.4 Å². The van der Waals surface area contributed by atoms with Crippen molar-refractivity contribution >= 4 is 50.7 Å². The van der Waals surface area contributed by atoms with Gasteiger partial charge in [-0.15, -0.1) is 0 Å². The van der Waals surface area contributed by atoms with Crippen molar-refractivity contribution in [2.24, 2.45) is 16.0 Å². The number of benzene rings is 2. The van der Waals surface area contributed by atoms with Crippen LogP contribution in [0.2, 0.25) is 0 Å². The molecule has 0 bridgehead atoms. The van der Waals surface area contributed by atoms with Gasteiger partial charge in [-0.1, -0.05) is 56.3 Å². The van der Waals surface area contributed by atoms with E-state index in [2.05, 4.69) is 72.0 Å². The molecule has 6 nitrogen and oxygen atoms in total. The highest BCUT2D eigenvalue weighted by atomic mass is 32.2. The zero-order chi connectivity index (χ0) is 23.8. The molecule has 0 saturated heterocycles. The summed E-state index contributed by atoms with van der Waals surface area (Å²) in [6.07, 6.45) is 5.78. The largest absolute Gasteiger partial charge is 0.342 e. The van der Waals surface area contributed by atoms with Gasteiger partial charge in [0.15, 0.2) is 5.84 Å². The lowest BCUT2D eigenvalue weighted by Crippen LogP contribution is -2.35. The number of thioether (sulfide) groups is 1. The number of hydrazone groups is 1. The van der Waals surface area contributed by atoms with Crippen LogP contribution in [0, 0.1) is 18.3 Å². The maximum absolute atomic E-state index is 13.0. The van der Waals surface area contributed by atoms with Crippen molar-refractivity contribution in [1.82, 2.24) is 9.58 Å². The van der Waals surface area contributed by atoms with E-state index in [1.807, 2.05) is 18.2 Å². The van der Waals surface area contributed by atoms with Crippen LogP contribution in [0.15, 0.2) is 70.4 Å². The highest BCUT2D eigenvalue weighted by Gasteiger charge is 2.37. The van der Waals surface area contributed by atoms with Crippen LogP contribution in [0.4, 0.5) is 0 Å². The Bertz CT molecular complexity index is 1390. The predicted octanol–water partition coefficient (Wildman–Crippen LogP) is 6.05. The van der Waals surface area contributed by atoms with Gasteiger partial charge >= 0.3 is 0 Å². The number of carbonyl (C=O) groups excluding carboxylic acids is 1. The van der Waals surface area contributed by atoms with Crippen LogP contribution in [0.3, 0.4) is 0 Å². The first-order chi connectivity index (χ1) is 16.5. The fourth-order valence-electron chi connectivity index (χ4n) is 4.46. The third-order valence-electron chi connectivity index (χ3n) is 6.53. The first kappa shape index (κ1) is 22.3. The molecule has 0 radical (unpaired) electrons. The van der Waals surface area contributed by atoms with Crippen molar-refractivity contribution in [2.75, 3.05) is 0 Å². The second-order valence-corrected chi connectivity index (χ2v) is 9.62. The van der Waals surface area contributed by atoms with E-state index in [1.54, 1.807) is 6.08 Å². The van der Waals surface area contributed by atoms with E-state index in [9.17, 15) is 4.79 Å². The van der Waals surface area contributed by atoms with Crippen LogP contribution < -0.4 is 0 Å². The number of fused-ring (bicyclic) bond motifs is 2. The SMILES string of the molecule is CCC(CC)C1=NN2C(=N)/C(=C\c3cn(Cc4ccccc4C)c4ccccc34)C(=O)N=C2S1. The molecule has 172 valence electrons. The molecule has 2 aliphatic heterocycles. The van der Waals surface area contributed by atoms with Crippen LogP contribution in [0.5, 0.6) is 0 Å². The number of aliphatic imine (C=N–C) groups is 1. The Balaban J connectivity index is 1.53. The van der Waals surface area contributed by atoms with E-state index in [0.29, 0.717) is 11.1 Å².